The fourth-order valence-electron chi connectivity index (χ4n) is 1.61. The van der Waals surface area contributed by atoms with Crippen LogP contribution in [-0.4, -0.2) is 43.6 Å². The molecule has 6 nitrogen and oxygen atoms in total. The molecule has 0 radical (unpaired) electrons. The molecule has 1 rings (SSSR count). The summed E-state index contributed by atoms with van der Waals surface area (Å²) in [6.45, 7) is 4.74. The van der Waals surface area contributed by atoms with E-state index in [-0.39, 0.29) is 5.03 Å². The van der Waals surface area contributed by atoms with Crippen molar-refractivity contribution < 1.29 is 8.42 Å². The highest BCUT2D eigenvalue weighted by Crippen LogP contribution is 2.19. The van der Waals surface area contributed by atoms with Crippen molar-refractivity contribution in [3.8, 4) is 0 Å². The van der Waals surface area contributed by atoms with Gasteiger partial charge in [0, 0.05) is 31.4 Å². The Morgan fingerprint density at radius 1 is 1.47 bits per heavy atom. The summed E-state index contributed by atoms with van der Waals surface area (Å²) in [4.78, 5) is 0. The zero-order valence-corrected chi connectivity index (χ0v) is 11.6. The average molecular weight is 260 g/mol. The van der Waals surface area contributed by atoms with Crippen molar-refractivity contribution in [2.24, 2.45) is 0 Å². The van der Waals surface area contributed by atoms with E-state index in [1.165, 1.54) is 4.31 Å². The van der Waals surface area contributed by atoms with Crippen molar-refractivity contribution in [3.05, 3.63) is 11.3 Å². The Labute approximate surface area is 102 Å². The lowest BCUT2D eigenvalue weighted by Gasteiger charge is -2.15. The second kappa shape index (κ2) is 5.61. The number of hydrogen-bond donors (Lipinski definition) is 2. The minimum absolute atomic E-state index is 0.125. The fourth-order valence-corrected chi connectivity index (χ4v) is 3.03. The lowest BCUT2D eigenvalue weighted by atomic mass is 10.3. The largest absolute Gasteiger partial charge is 0.316 e. The van der Waals surface area contributed by atoms with Crippen LogP contribution in [0.15, 0.2) is 5.03 Å². The molecule has 98 valence electrons. The van der Waals surface area contributed by atoms with Crippen molar-refractivity contribution in [3.63, 3.8) is 0 Å². The Morgan fingerprint density at radius 3 is 2.65 bits per heavy atom. The Hall–Kier alpha value is -0.920. The van der Waals surface area contributed by atoms with E-state index in [1.54, 1.807) is 14.1 Å². The molecule has 0 spiro atoms. The van der Waals surface area contributed by atoms with Crippen LogP contribution in [0.25, 0.3) is 0 Å². The van der Waals surface area contributed by atoms with E-state index in [1.807, 2.05) is 13.8 Å². The van der Waals surface area contributed by atoms with Crippen molar-refractivity contribution in [2.75, 3.05) is 20.6 Å². The summed E-state index contributed by atoms with van der Waals surface area (Å²) in [7, 11) is -0.130. The van der Waals surface area contributed by atoms with Gasteiger partial charge in [0.15, 0.2) is 5.03 Å². The van der Waals surface area contributed by atoms with Gasteiger partial charge in [-0.1, -0.05) is 6.92 Å². The van der Waals surface area contributed by atoms with Crippen LogP contribution in [0.2, 0.25) is 0 Å². The monoisotopic (exact) mass is 260 g/mol. The third kappa shape index (κ3) is 2.85. The van der Waals surface area contributed by atoms with Gasteiger partial charge in [-0.3, -0.25) is 5.10 Å². The first-order chi connectivity index (χ1) is 7.95. The van der Waals surface area contributed by atoms with E-state index in [4.69, 9.17) is 0 Å². The van der Waals surface area contributed by atoms with Crippen molar-refractivity contribution in [1.29, 1.82) is 0 Å². The molecule has 0 saturated carbocycles. The number of rotatable bonds is 6. The van der Waals surface area contributed by atoms with Gasteiger partial charge < -0.3 is 5.32 Å². The number of aryl methyl sites for hydroxylation is 1. The van der Waals surface area contributed by atoms with Gasteiger partial charge in [0.2, 0.25) is 0 Å². The summed E-state index contributed by atoms with van der Waals surface area (Å²) in [5.74, 6) is 0. The van der Waals surface area contributed by atoms with E-state index >= 15 is 0 Å². The van der Waals surface area contributed by atoms with E-state index < -0.39 is 10.0 Å². The zero-order valence-electron chi connectivity index (χ0n) is 10.7. The third-order valence-corrected chi connectivity index (χ3v) is 4.41. The van der Waals surface area contributed by atoms with Crippen molar-refractivity contribution in [1.82, 2.24) is 19.8 Å². The molecule has 0 saturated heterocycles. The predicted molar refractivity (Wildman–Crippen MR) is 66.2 cm³/mol. The lowest BCUT2D eigenvalue weighted by molar-refractivity contribution is 0.464. The summed E-state index contributed by atoms with van der Waals surface area (Å²) in [5.41, 5.74) is 1.48. The number of nitrogens with zero attached hydrogens (tertiary/aromatic N) is 2. The zero-order chi connectivity index (χ0) is 13.1. The molecule has 0 amide bonds. The highest BCUT2D eigenvalue weighted by atomic mass is 32.2. The van der Waals surface area contributed by atoms with Crippen LogP contribution in [0, 0.1) is 6.92 Å². The van der Waals surface area contributed by atoms with Gasteiger partial charge in [-0.05, 0) is 20.4 Å². The molecule has 0 fully saturated rings. The van der Waals surface area contributed by atoms with E-state index in [0.717, 1.165) is 12.1 Å². The molecule has 1 aromatic rings. The summed E-state index contributed by atoms with van der Waals surface area (Å²) in [6.07, 6.45) is 0.778. The molecule has 0 aliphatic heterocycles. The molecule has 0 aromatic carbocycles. The maximum absolute atomic E-state index is 12.2. The van der Waals surface area contributed by atoms with Gasteiger partial charge in [-0.25, -0.2) is 8.42 Å². The summed E-state index contributed by atoms with van der Waals surface area (Å²) in [6, 6.07) is 0. The lowest BCUT2D eigenvalue weighted by Crippen LogP contribution is -2.29. The molecule has 2 N–H and O–H groups in total. The smallest absolute Gasteiger partial charge is 0.262 e. The molecule has 0 atom stereocenters. The standard InChI is InChI=1S/C10H20N4O2S/c1-5-6-14(4)17(15,16)10-9(7-11-3)8(2)12-13-10/h11H,5-7H2,1-4H3,(H,12,13). The predicted octanol–water partition coefficient (Wildman–Crippen LogP) is 0.468. The molecule has 0 aliphatic carbocycles. The Bertz CT molecular complexity index is 467. The second-order valence-corrected chi connectivity index (χ2v) is 5.95. The number of hydrogen-bond acceptors (Lipinski definition) is 4. The van der Waals surface area contributed by atoms with Crippen LogP contribution in [0.3, 0.4) is 0 Å². The highest BCUT2D eigenvalue weighted by Gasteiger charge is 2.27. The first-order valence-electron chi connectivity index (χ1n) is 5.59. The number of aromatic nitrogens is 2. The number of nitrogens with one attached hydrogen (secondary N) is 2. The van der Waals surface area contributed by atoms with Gasteiger partial charge >= 0.3 is 0 Å². The summed E-state index contributed by atoms with van der Waals surface area (Å²) < 4.78 is 25.8. The quantitative estimate of drug-likeness (QED) is 0.779. The molecule has 1 aromatic heterocycles. The Morgan fingerprint density at radius 2 is 2.12 bits per heavy atom. The topological polar surface area (TPSA) is 78.1 Å². The molecule has 17 heavy (non-hydrogen) atoms. The SMILES string of the molecule is CCCN(C)S(=O)(=O)c1n[nH]c(C)c1CNC. The molecule has 7 heteroatoms. The maximum Gasteiger partial charge on any atom is 0.262 e. The second-order valence-electron chi connectivity index (χ2n) is 3.99. The molecule has 0 aliphatic rings. The van der Waals surface area contributed by atoms with Gasteiger partial charge in [0.05, 0.1) is 0 Å². The fraction of sp³-hybridized carbons (Fsp3) is 0.700. The minimum atomic E-state index is -3.48. The summed E-state index contributed by atoms with van der Waals surface area (Å²) in [5, 5.41) is 9.72. The molecular weight excluding hydrogens is 240 g/mol. The molecule has 1 heterocycles. The van der Waals surface area contributed by atoms with Gasteiger partial charge in [-0.15, -0.1) is 0 Å². The van der Waals surface area contributed by atoms with Crippen LogP contribution in [-0.2, 0) is 16.6 Å². The summed E-state index contributed by atoms with van der Waals surface area (Å²) >= 11 is 0. The Balaban J connectivity index is 3.15. The first-order valence-corrected chi connectivity index (χ1v) is 7.03. The molecule has 0 unspecified atom stereocenters. The minimum Gasteiger partial charge on any atom is -0.316 e. The van der Waals surface area contributed by atoms with Gasteiger partial charge in [0.1, 0.15) is 0 Å². The van der Waals surface area contributed by atoms with Crippen molar-refractivity contribution >= 4 is 10.0 Å². The van der Waals surface area contributed by atoms with Crippen LogP contribution < -0.4 is 5.32 Å². The number of aromatic amines is 1. The first kappa shape index (κ1) is 14.1. The average Bonchev–Trinajstić information content (AvgIpc) is 2.62. The highest BCUT2D eigenvalue weighted by molar-refractivity contribution is 7.89. The molecular formula is C10H20N4O2S. The molecule has 0 bridgehead atoms. The normalized spacial score (nSPS) is 12.3. The Kier molecular flexibility index (Phi) is 4.67. The maximum atomic E-state index is 12.2. The van der Waals surface area contributed by atoms with Crippen LogP contribution in [0.5, 0.6) is 0 Å². The van der Waals surface area contributed by atoms with Crippen LogP contribution in [0.4, 0.5) is 0 Å². The van der Waals surface area contributed by atoms with Crippen molar-refractivity contribution in [2.45, 2.75) is 31.8 Å². The van der Waals surface area contributed by atoms with Gasteiger partial charge in [0.25, 0.3) is 10.0 Å². The number of sulfonamides is 1. The van der Waals surface area contributed by atoms with E-state index in [0.29, 0.717) is 18.7 Å². The third-order valence-electron chi connectivity index (χ3n) is 2.58. The van der Waals surface area contributed by atoms with Gasteiger partial charge in [-0.2, -0.15) is 9.40 Å². The van der Waals surface area contributed by atoms with Crippen LogP contribution >= 0.6 is 0 Å². The van der Waals surface area contributed by atoms with Crippen LogP contribution in [0.1, 0.15) is 24.6 Å². The van der Waals surface area contributed by atoms with E-state index in [9.17, 15) is 8.42 Å². The number of H-pyrrole nitrogens is 1. The van der Waals surface area contributed by atoms with E-state index in [2.05, 4.69) is 15.5 Å².